The van der Waals surface area contributed by atoms with Gasteiger partial charge < -0.3 is 9.32 Å². The number of fused-ring (bicyclic) bond motifs is 7. The van der Waals surface area contributed by atoms with Gasteiger partial charge in [0, 0.05) is 33.1 Å². The number of anilines is 3. The first-order chi connectivity index (χ1) is 27.7. The van der Waals surface area contributed by atoms with Crippen molar-refractivity contribution >= 4 is 71.3 Å². The summed E-state index contributed by atoms with van der Waals surface area (Å²) in [7, 11) is 0. The van der Waals surface area contributed by atoms with Crippen molar-refractivity contribution in [2.75, 3.05) is 4.90 Å². The van der Waals surface area contributed by atoms with Gasteiger partial charge in [-0.2, -0.15) is 0 Å². The fourth-order valence-electron chi connectivity index (χ4n) is 8.47. The quantitative estimate of drug-likeness (QED) is 0.171. The van der Waals surface area contributed by atoms with Crippen molar-refractivity contribution in [3.63, 3.8) is 0 Å². The Morgan fingerprint density at radius 2 is 0.911 bits per heavy atom. The van der Waals surface area contributed by atoms with Gasteiger partial charge in [0.2, 0.25) is 0 Å². The van der Waals surface area contributed by atoms with E-state index in [-0.39, 0.29) is 0 Å². The molecule has 0 spiro atoms. The summed E-state index contributed by atoms with van der Waals surface area (Å²) in [6.45, 7) is 0. The average Bonchev–Trinajstić information content (AvgIpc) is 3.65. The number of nitrogens with zero attached hydrogens (tertiary/aromatic N) is 1. The third-order valence-electron chi connectivity index (χ3n) is 11.2. The average molecular weight is 714 g/mol. The summed E-state index contributed by atoms with van der Waals surface area (Å²) in [4.78, 5) is 2.39. The number of para-hydroxylation sites is 1. The molecule has 0 atom stereocenters. The first-order valence-electron chi connectivity index (χ1n) is 19.2. The van der Waals surface area contributed by atoms with Crippen LogP contribution in [-0.2, 0) is 0 Å². The molecule has 0 unspecified atom stereocenters. The van der Waals surface area contributed by atoms with Crippen molar-refractivity contribution in [1.82, 2.24) is 0 Å². The maximum absolute atomic E-state index is 6.50. The molecule has 0 amide bonds. The van der Waals surface area contributed by atoms with Crippen LogP contribution in [0.15, 0.2) is 217 Å². The highest BCUT2D eigenvalue weighted by Crippen LogP contribution is 2.44. The van der Waals surface area contributed by atoms with Gasteiger partial charge in [0.25, 0.3) is 0 Å². The molecule has 0 aliphatic rings. The van der Waals surface area contributed by atoms with Crippen molar-refractivity contribution in [1.29, 1.82) is 0 Å². The van der Waals surface area contributed by atoms with Crippen LogP contribution in [-0.4, -0.2) is 0 Å². The number of hydrogen-bond donors (Lipinski definition) is 0. The predicted molar refractivity (Wildman–Crippen MR) is 237 cm³/mol. The third kappa shape index (κ3) is 5.42. The van der Waals surface area contributed by atoms with Gasteiger partial charge in [-0.25, -0.2) is 0 Å². The second-order valence-electron chi connectivity index (χ2n) is 14.5. The molecule has 1 aromatic heterocycles. The minimum Gasteiger partial charge on any atom is -0.455 e. The predicted octanol–water partition coefficient (Wildman–Crippen LogP) is 15.5. The second-order valence-corrected chi connectivity index (χ2v) is 14.5. The summed E-state index contributed by atoms with van der Waals surface area (Å²) in [6, 6.07) is 76.6. The molecule has 0 aliphatic carbocycles. The minimum absolute atomic E-state index is 0.893. The lowest BCUT2D eigenvalue weighted by Crippen LogP contribution is -2.11. The molecule has 0 fully saturated rings. The van der Waals surface area contributed by atoms with Crippen LogP contribution in [0.25, 0.3) is 87.6 Å². The van der Waals surface area contributed by atoms with E-state index in [4.69, 9.17) is 4.42 Å². The Labute approximate surface area is 325 Å². The third-order valence-corrected chi connectivity index (χ3v) is 11.2. The molecule has 10 aromatic carbocycles. The topological polar surface area (TPSA) is 16.4 Å². The van der Waals surface area contributed by atoms with Crippen molar-refractivity contribution in [2.45, 2.75) is 0 Å². The zero-order valence-electron chi connectivity index (χ0n) is 30.6. The zero-order valence-corrected chi connectivity index (χ0v) is 30.6. The van der Waals surface area contributed by atoms with Gasteiger partial charge in [0.05, 0.1) is 5.69 Å². The van der Waals surface area contributed by atoms with E-state index in [1.165, 1.54) is 49.2 Å². The minimum atomic E-state index is 0.893. The van der Waals surface area contributed by atoms with E-state index in [1.54, 1.807) is 0 Å². The molecular weight excluding hydrogens is 679 g/mol. The molecule has 262 valence electrons. The van der Waals surface area contributed by atoms with E-state index >= 15 is 0 Å². The fourth-order valence-corrected chi connectivity index (χ4v) is 8.47. The lowest BCUT2D eigenvalue weighted by molar-refractivity contribution is 0.672. The summed E-state index contributed by atoms with van der Waals surface area (Å²) in [5.41, 5.74) is 12.2. The van der Waals surface area contributed by atoms with Crippen molar-refractivity contribution in [2.24, 2.45) is 0 Å². The van der Waals surface area contributed by atoms with Gasteiger partial charge in [0.15, 0.2) is 0 Å². The largest absolute Gasteiger partial charge is 0.455 e. The van der Waals surface area contributed by atoms with Gasteiger partial charge in [0.1, 0.15) is 11.2 Å². The molecular formula is C54H35NO. The monoisotopic (exact) mass is 713 g/mol. The lowest BCUT2D eigenvalue weighted by Gasteiger charge is -2.28. The molecule has 11 rings (SSSR count). The highest BCUT2D eigenvalue weighted by Gasteiger charge is 2.19. The summed E-state index contributed by atoms with van der Waals surface area (Å²) in [6.07, 6.45) is 0. The Morgan fingerprint density at radius 1 is 0.304 bits per heavy atom. The van der Waals surface area contributed by atoms with Gasteiger partial charge in [-0.15, -0.1) is 0 Å². The number of furan rings is 1. The van der Waals surface area contributed by atoms with Crippen molar-refractivity contribution in [3.8, 4) is 33.4 Å². The van der Waals surface area contributed by atoms with E-state index in [9.17, 15) is 0 Å². The molecule has 11 aromatic rings. The van der Waals surface area contributed by atoms with Crippen LogP contribution in [0.3, 0.4) is 0 Å². The maximum Gasteiger partial charge on any atom is 0.143 e. The summed E-state index contributed by atoms with van der Waals surface area (Å²) < 4.78 is 6.50. The van der Waals surface area contributed by atoms with Crippen LogP contribution in [0.5, 0.6) is 0 Å². The smallest absolute Gasteiger partial charge is 0.143 e. The highest BCUT2D eigenvalue weighted by molar-refractivity contribution is 6.15. The molecule has 0 aliphatic heterocycles. The van der Waals surface area contributed by atoms with Crippen LogP contribution >= 0.6 is 0 Å². The first-order valence-corrected chi connectivity index (χ1v) is 19.2. The Bertz CT molecular complexity index is 3260. The standard InChI is InChI=1S/C54H35NO/c1-2-14-41-34-45(30-25-36(41)11-1)55(44-28-23-37(24-29-44)40-16-9-17-42(33-40)47-21-10-15-38-12-3-5-18-46(38)47)52-22-8-7-19-48(52)43-27-32-53-51(35-43)50-31-26-39-13-4-6-20-49(39)54(50)56-53/h1-35H. The van der Waals surface area contributed by atoms with Gasteiger partial charge >= 0.3 is 0 Å². The summed E-state index contributed by atoms with van der Waals surface area (Å²) in [5, 5.41) is 9.49. The summed E-state index contributed by atoms with van der Waals surface area (Å²) in [5.74, 6) is 0. The molecule has 2 nitrogen and oxygen atoms in total. The molecule has 0 N–H and O–H groups in total. The number of rotatable bonds is 6. The molecule has 2 heteroatoms. The van der Waals surface area contributed by atoms with Crippen LogP contribution in [0.4, 0.5) is 17.1 Å². The molecule has 56 heavy (non-hydrogen) atoms. The normalized spacial score (nSPS) is 11.6. The highest BCUT2D eigenvalue weighted by atomic mass is 16.3. The Morgan fingerprint density at radius 3 is 1.79 bits per heavy atom. The van der Waals surface area contributed by atoms with E-state index in [0.29, 0.717) is 0 Å². The van der Waals surface area contributed by atoms with Gasteiger partial charge in [-0.3, -0.25) is 0 Å². The molecule has 0 bridgehead atoms. The first kappa shape index (κ1) is 32.0. The summed E-state index contributed by atoms with van der Waals surface area (Å²) >= 11 is 0. The molecule has 0 saturated carbocycles. The number of benzene rings is 10. The molecule has 0 radical (unpaired) electrons. The Hall–Kier alpha value is -7.42. The Kier molecular flexibility index (Phi) is 7.53. The van der Waals surface area contributed by atoms with Gasteiger partial charge in [-0.1, -0.05) is 158 Å². The van der Waals surface area contributed by atoms with E-state index < -0.39 is 0 Å². The van der Waals surface area contributed by atoms with Crippen molar-refractivity contribution < 1.29 is 4.42 Å². The van der Waals surface area contributed by atoms with Crippen LogP contribution in [0.1, 0.15) is 0 Å². The van der Waals surface area contributed by atoms with Crippen LogP contribution in [0.2, 0.25) is 0 Å². The molecule has 1 heterocycles. The fraction of sp³-hybridized carbons (Fsp3) is 0. The van der Waals surface area contributed by atoms with Crippen LogP contribution in [0, 0.1) is 0 Å². The zero-order chi connectivity index (χ0) is 37.0. The van der Waals surface area contributed by atoms with E-state index in [2.05, 4.69) is 217 Å². The van der Waals surface area contributed by atoms with E-state index in [1.807, 2.05) is 0 Å². The van der Waals surface area contributed by atoms with Gasteiger partial charge in [-0.05, 0) is 109 Å². The molecule has 0 saturated heterocycles. The lowest BCUT2D eigenvalue weighted by atomic mass is 9.95. The van der Waals surface area contributed by atoms with E-state index in [0.717, 1.165) is 55.5 Å². The number of hydrogen-bond acceptors (Lipinski definition) is 2. The second kappa shape index (κ2) is 13.2. The SMILES string of the molecule is c1cc(-c2ccc(N(c3ccc4ccccc4c3)c3ccccc3-c3ccc4oc5c6ccccc6ccc5c4c3)cc2)cc(-c2cccc3ccccc23)c1. The Balaban J connectivity index is 1.03. The van der Waals surface area contributed by atoms with Crippen molar-refractivity contribution in [3.05, 3.63) is 212 Å². The maximum atomic E-state index is 6.50. The van der Waals surface area contributed by atoms with Crippen LogP contribution < -0.4 is 4.90 Å².